The summed E-state index contributed by atoms with van der Waals surface area (Å²) in [6.45, 7) is 4.41. The van der Waals surface area contributed by atoms with Gasteiger partial charge in [-0.1, -0.05) is 6.92 Å². The van der Waals surface area contributed by atoms with E-state index in [1.807, 2.05) is 0 Å². The average molecular weight is 292 g/mol. The third-order valence-electron chi connectivity index (χ3n) is 2.59. The second kappa shape index (κ2) is 3.92. The molecule has 1 fully saturated rings. The van der Waals surface area contributed by atoms with Crippen LogP contribution in [0.2, 0.25) is 0 Å². The van der Waals surface area contributed by atoms with Crippen LogP contribution in [-0.4, -0.2) is 5.60 Å². The molecule has 2 unspecified atom stereocenters. The van der Waals surface area contributed by atoms with Gasteiger partial charge in [0.25, 0.3) is 0 Å². The summed E-state index contributed by atoms with van der Waals surface area (Å²) in [5.41, 5.74) is 0.108. The molecule has 1 rings (SSSR count). The van der Waals surface area contributed by atoms with Gasteiger partial charge in [0.1, 0.15) is 18.5 Å². The third-order valence-corrected chi connectivity index (χ3v) is 3.05. The molecule has 1 aliphatic rings. The molecule has 0 aromatic heterocycles. The second-order valence-electron chi connectivity index (χ2n) is 4.17. The van der Waals surface area contributed by atoms with E-state index in [1.165, 1.54) is 19.3 Å². The predicted octanol–water partition coefficient (Wildman–Crippen LogP) is 4.89. The molecule has 0 N–H and O–H groups in total. The Morgan fingerprint density at radius 2 is 1.56 bits per heavy atom. The van der Waals surface area contributed by atoms with Crippen LogP contribution in [0.25, 0.3) is 0 Å². The third kappa shape index (κ3) is 9.54. The summed E-state index contributed by atoms with van der Waals surface area (Å²) in [5, 5.41) is 0. The summed E-state index contributed by atoms with van der Waals surface area (Å²) in [6.07, 6.45) is 3.81. The van der Waals surface area contributed by atoms with Gasteiger partial charge in [-0.15, -0.1) is 0 Å². The Labute approximate surface area is 95.4 Å². The van der Waals surface area contributed by atoms with Crippen LogP contribution >= 0.6 is 7.81 Å². The van der Waals surface area contributed by atoms with Crippen molar-refractivity contribution in [1.29, 1.82) is 0 Å². The van der Waals surface area contributed by atoms with E-state index >= 15 is 0 Å². The van der Waals surface area contributed by atoms with E-state index in [0.29, 0.717) is 5.92 Å². The van der Waals surface area contributed by atoms with Crippen molar-refractivity contribution < 1.29 is 29.4 Å². The van der Waals surface area contributed by atoms with Crippen LogP contribution in [0.15, 0.2) is 0 Å². The van der Waals surface area contributed by atoms with Crippen LogP contribution in [0.5, 0.6) is 0 Å². The quantitative estimate of drug-likeness (QED) is 0.380. The van der Waals surface area contributed by atoms with E-state index in [0.717, 1.165) is 0 Å². The fourth-order valence-electron chi connectivity index (χ4n) is 1.46. The van der Waals surface area contributed by atoms with Gasteiger partial charge >= 0.3 is 33.0 Å². The molecule has 1 aliphatic carbocycles. The van der Waals surface area contributed by atoms with Gasteiger partial charge in [0.05, 0.1) is 0 Å². The molecular formula is C7H15F6OPS. The molecule has 0 radical (unpaired) electrons. The van der Waals surface area contributed by atoms with Gasteiger partial charge in [-0.05, 0) is 32.1 Å². The Morgan fingerprint density at radius 3 is 1.69 bits per heavy atom. The Hall–Kier alpha value is 0.320. The summed E-state index contributed by atoms with van der Waals surface area (Å²) in [5.74, 6) is 0.704. The summed E-state index contributed by atoms with van der Waals surface area (Å²) in [6, 6.07) is 0. The summed E-state index contributed by atoms with van der Waals surface area (Å²) in [7, 11) is -10.7. The Morgan fingerprint density at radius 1 is 1.19 bits per heavy atom. The number of hydrogen-bond donors (Lipinski definition) is 0. The first-order valence-electron chi connectivity index (χ1n) is 4.55. The van der Waals surface area contributed by atoms with Crippen molar-refractivity contribution in [2.45, 2.75) is 38.7 Å². The minimum absolute atomic E-state index is 0.108. The molecule has 0 amide bonds. The topological polar surface area (TPSA) is 9.23 Å². The standard InChI is InChI=1S/C7H14OS.F6P/c1-6-4-3-5-7(6,2)8-9;1-7(2,3,4,5)6/h6,9H,3-5H2,1-2H3;/q;-1/p+1. The minimum atomic E-state index is -10.7. The van der Waals surface area contributed by atoms with Crippen LogP contribution in [0, 0.1) is 5.92 Å². The van der Waals surface area contributed by atoms with Crippen LogP contribution in [-0.2, 0) is 17.1 Å². The van der Waals surface area contributed by atoms with E-state index in [2.05, 4.69) is 26.8 Å². The van der Waals surface area contributed by atoms with Crippen molar-refractivity contribution in [3.63, 3.8) is 0 Å². The maximum atomic E-state index is 9.87. The first-order chi connectivity index (χ1) is 6.64. The molecule has 0 bridgehead atoms. The van der Waals surface area contributed by atoms with Crippen molar-refractivity contribution >= 4 is 20.7 Å². The van der Waals surface area contributed by atoms with Gasteiger partial charge in [-0.25, -0.2) is 0 Å². The van der Waals surface area contributed by atoms with Crippen LogP contribution < -0.4 is 0 Å². The second-order valence-corrected chi connectivity index (χ2v) is 6.29. The molecule has 0 aromatic rings. The first-order valence-corrected chi connectivity index (χ1v) is 6.99. The molecule has 0 aromatic carbocycles. The molecule has 0 spiro atoms. The average Bonchev–Trinajstić information content (AvgIpc) is 2.27. The summed E-state index contributed by atoms with van der Waals surface area (Å²) >= 11 is 3.12. The van der Waals surface area contributed by atoms with Crippen molar-refractivity contribution in [1.82, 2.24) is 0 Å². The zero-order valence-corrected chi connectivity index (χ0v) is 10.7. The molecule has 102 valence electrons. The number of hydrogen-bond acceptors (Lipinski definition) is 1. The van der Waals surface area contributed by atoms with Gasteiger partial charge in [0.15, 0.2) is 0 Å². The molecule has 1 saturated carbocycles. The van der Waals surface area contributed by atoms with E-state index < -0.39 is 7.81 Å². The van der Waals surface area contributed by atoms with E-state index in [4.69, 9.17) is 4.18 Å². The van der Waals surface area contributed by atoms with Gasteiger partial charge < -0.3 is 0 Å². The molecule has 2 atom stereocenters. The zero-order chi connectivity index (χ0) is 13.3. The van der Waals surface area contributed by atoms with Crippen molar-refractivity contribution in [3.05, 3.63) is 0 Å². The van der Waals surface area contributed by atoms with Crippen LogP contribution in [0.4, 0.5) is 25.2 Å². The monoisotopic (exact) mass is 292 g/mol. The van der Waals surface area contributed by atoms with Gasteiger partial charge in [0.2, 0.25) is 0 Å². The fourth-order valence-corrected chi connectivity index (χ4v) is 1.77. The van der Waals surface area contributed by atoms with Crippen molar-refractivity contribution in [3.8, 4) is 0 Å². The van der Waals surface area contributed by atoms with Gasteiger partial charge in [-0.3, -0.25) is 0 Å². The molecule has 9 heteroatoms. The van der Waals surface area contributed by atoms with E-state index in [1.54, 1.807) is 0 Å². The Bertz CT molecular complexity index is 239. The molecule has 0 aliphatic heterocycles. The van der Waals surface area contributed by atoms with Crippen molar-refractivity contribution in [2.24, 2.45) is 5.92 Å². The summed E-state index contributed by atoms with van der Waals surface area (Å²) in [4.78, 5) is 0. The summed E-state index contributed by atoms with van der Waals surface area (Å²) < 4.78 is 64.4. The van der Waals surface area contributed by atoms with Gasteiger partial charge in [0, 0.05) is 0 Å². The van der Waals surface area contributed by atoms with E-state index in [9.17, 15) is 25.2 Å². The predicted molar refractivity (Wildman–Crippen MR) is 56.2 cm³/mol. The molecule has 16 heavy (non-hydrogen) atoms. The fraction of sp³-hybridized carbons (Fsp3) is 1.00. The van der Waals surface area contributed by atoms with E-state index in [-0.39, 0.29) is 5.60 Å². The van der Waals surface area contributed by atoms with Crippen LogP contribution in [0.1, 0.15) is 33.1 Å². The molecule has 1 nitrogen and oxygen atoms in total. The first kappa shape index (κ1) is 16.3. The molecular weight excluding hydrogens is 277 g/mol. The normalized spacial score (nSPS) is 34.7. The molecule has 0 saturated heterocycles. The maximum absolute atomic E-state index is 10.7. The Balaban J connectivity index is 0.000000293. The van der Waals surface area contributed by atoms with Gasteiger partial charge in [-0.2, -0.15) is 4.18 Å². The SMILES string of the molecule is CC1CCCC1(C)O[SH2+].F[P-](F)(F)(F)(F)F. The molecule has 0 heterocycles. The van der Waals surface area contributed by atoms with Crippen LogP contribution in [0.3, 0.4) is 0 Å². The Kier molecular flexibility index (Phi) is 4.00. The zero-order valence-electron chi connectivity index (χ0n) is 8.82. The van der Waals surface area contributed by atoms with Crippen molar-refractivity contribution in [2.75, 3.05) is 0 Å². The number of halogens is 6. The number of rotatable bonds is 1.